The maximum absolute atomic E-state index is 12.4. The van der Waals surface area contributed by atoms with Crippen LogP contribution in [0, 0.1) is 0 Å². The number of halogens is 1. The molecule has 1 aliphatic rings. The number of benzene rings is 2. The Bertz CT molecular complexity index is 942. The van der Waals surface area contributed by atoms with Gasteiger partial charge in [-0.3, -0.25) is 9.52 Å². The van der Waals surface area contributed by atoms with Gasteiger partial charge in [-0.05, 0) is 35.9 Å². The van der Waals surface area contributed by atoms with Crippen LogP contribution in [0.3, 0.4) is 0 Å². The maximum atomic E-state index is 12.4. The molecule has 9 heteroatoms. The molecule has 0 unspecified atom stereocenters. The van der Waals surface area contributed by atoms with Gasteiger partial charge in [-0.25, -0.2) is 8.42 Å². The van der Waals surface area contributed by atoms with Crippen LogP contribution in [-0.4, -0.2) is 46.9 Å². The molecule has 0 atom stereocenters. The molecule has 0 radical (unpaired) electrons. The molecule has 2 N–H and O–H groups in total. The lowest BCUT2D eigenvalue weighted by Crippen LogP contribution is -2.36. The Morgan fingerprint density at radius 2 is 1.82 bits per heavy atom. The topological polar surface area (TPSA) is 87.7 Å². The monoisotopic (exact) mass is 423 g/mol. The number of sulfonamides is 1. The number of nitrogens with one attached hydrogen (secondary N) is 2. The van der Waals surface area contributed by atoms with Gasteiger partial charge in [-0.1, -0.05) is 23.7 Å². The molecule has 7 nitrogen and oxygen atoms in total. The normalized spacial score (nSPS) is 14.6. The SMILES string of the molecule is CS(=O)(=O)Nc1cc(C(=O)NCc2ccc(N3CCOCC3)cc2)ccc1Cl. The zero-order valence-electron chi connectivity index (χ0n) is 15.4. The van der Waals surface area contributed by atoms with Crippen LogP contribution in [-0.2, 0) is 21.3 Å². The minimum Gasteiger partial charge on any atom is -0.378 e. The van der Waals surface area contributed by atoms with Gasteiger partial charge in [0.2, 0.25) is 10.0 Å². The van der Waals surface area contributed by atoms with E-state index in [1.165, 1.54) is 12.1 Å². The van der Waals surface area contributed by atoms with E-state index in [0.717, 1.165) is 43.8 Å². The number of hydrogen-bond acceptors (Lipinski definition) is 5. The van der Waals surface area contributed by atoms with Gasteiger partial charge in [-0.2, -0.15) is 0 Å². The molecular formula is C19H22ClN3O4S. The minimum absolute atomic E-state index is 0.173. The summed E-state index contributed by atoms with van der Waals surface area (Å²) in [5, 5.41) is 3.05. The lowest BCUT2D eigenvalue weighted by Gasteiger charge is -2.28. The second kappa shape index (κ2) is 8.81. The van der Waals surface area contributed by atoms with Gasteiger partial charge >= 0.3 is 0 Å². The summed E-state index contributed by atoms with van der Waals surface area (Å²) >= 11 is 5.99. The predicted molar refractivity (Wildman–Crippen MR) is 111 cm³/mol. The van der Waals surface area contributed by atoms with Crippen LogP contribution < -0.4 is 14.9 Å². The third kappa shape index (κ3) is 5.60. The van der Waals surface area contributed by atoms with Crippen molar-refractivity contribution in [1.29, 1.82) is 0 Å². The second-order valence-corrected chi connectivity index (χ2v) is 8.67. The number of amides is 1. The quantitative estimate of drug-likeness (QED) is 0.745. The Morgan fingerprint density at radius 1 is 1.14 bits per heavy atom. The van der Waals surface area contributed by atoms with Gasteiger partial charge in [0.05, 0.1) is 30.2 Å². The van der Waals surface area contributed by atoms with E-state index in [9.17, 15) is 13.2 Å². The molecule has 150 valence electrons. The molecule has 1 aliphatic heterocycles. The molecule has 2 aromatic rings. The maximum Gasteiger partial charge on any atom is 0.251 e. The van der Waals surface area contributed by atoms with Crippen molar-refractivity contribution in [2.45, 2.75) is 6.54 Å². The van der Waals surface area contributed by atoms with E-state index in [-0.39, 0.29) is 16.6 Å². The first-order valence-corrected chi connectivity index (χ1v) is 11.1. The van der Waals surface area contributed by atoms with Crippen LogP contribution in [0.4, 0.5) is 11.4 Å². The third-order valence-electron chi connectivity index (χ3n) is 4.29. The average molecular weight is 424 g/mol. The van der Waals surface area contributed by atoms with E-state index in [1.54, 1.807) is 6.07 Å². The number of hydrogen-bond donors (Lipinski definition) is 2. The highest BCUT2D eigenvalue weighted by molar-refractivity contribution is 7.92. The first-order valence-electron chi connectivity index (χ1n) is 8.79. The molecule has 0 bridgehead atoms. The van der Waals surface area contributed by atoms with Gasteiger partial charge in [0.25, 0.3) is 5.91 Å². The molecule has 1 heterocycles. The van der Waals surface area contributed by atoms with Gasteiger partial charge < -0.3 is 15.0 Å². The summed E-state index contributed by atoms with van der Waals surface area (Å²) in [6.07, 6.45) is 1.02. The number of rotatable bonds is 6. The Balaban J connectivity index is 1.61. The van der Waals surface area contributed by atoms with E-state index < -0.39 is 10.0 Å². The molecule has 3 rings (SSSR count). The van der Waals surface area contributed by atoms with Crippen LogP contribution in [0.1, 0.15) is 15.9 Å². The summed E-state index contributed by atoms with van der Waals surface area (Å²) in [5.41, 5.74) is 2.59. The number of ether oxygens (including phenoxy) is 1. The number of carbonyl (C=O) groups excluding carboxylic acids is 1. The molecule has 1 saturated heterocycles. The smallest absolute Gasteiger partial charge is 0.251 e. The van der Waals surface area contributed by atoms with Gasteiger partial charge in [0, 0.05) is 30.9 Å². The standard InChI is InChI=1S/C19H22ClN3O4S/c1-28(25,26)22-18-12-15(4-7-17(18)20)19(24)21-13-14-2-5-16(6-3-14)23-8-10-27-11-9-23/h2-7,12,22H,8-11,13H2,1H3,(H,21,24). The van der Waals surface area contributed by atoms with Crippen LogP contribution in [0.15, 0.2) is 42.5 Å². The molecule has 1 amide bonds. The minimum atomic E-state index is -3.49. The summed E-state index contributed by atoms with van der Waals surface area (Å²) in [6, 6.07) is 12.5. The van der Waals surface area contributed by atoms with Gasteiger partial charge in [0.15, 0.2) is 0 Å². The molecule has 0 spiro atoms. The van der Waals surface area contributed by atoms with Crippen LogP contribution in [0.2, 0.25) is 5.02 Å². The fourth-order valence-corrected chi connectivity index (χ4v) is 3.66. The predicted octanol–water partition coefficient (Wildman–Crippen LogP) is 2.48. The van der Waals surface area contributed by atoms with Crippen molar-refractivity contribution in [3.8, 4) is 0 Å². The molecule has 28 heavy (non-hydrogen) atoms. The van der Waals surface area contributed by atoms with E-state index in [1.807, 2.05) is 24.3 Å². The Morgan fingerprint density at radius 3 is 2.46 bits per heavy atom. The fourth-order valence-electron chi connectivity index (χ4n) is 2.88. The molecule has 1 fully saturated rings. The van der Waals surface area contributed by atoms with E-state index in [4.69, 9.17) is 16.3 Å². The lowest BCUT2D eigenvalue weighted by molar-refractivity contribution is 0.0951. The zero-order valence-corrected chi connectivity index (χ0v) is 17.0. The van der Waals surface area contributed by atoms with Crippen molar-refractivity contribution in [1.82, 2.24) is 5.32 Å². The van der Waals surface area contributed by atoms with Crippen LogP contribution in [0.25, 0.3) is 0 Å². The first kappa shape index (κ1) is 20.4. The number of anilines is 2. The molecule has 0 aliphatic carbocycles. The molecule has 0 saturated carbocycles. The van der Waals surface area contributed by atoms with Crippen LogP contribution >= 0.6 is 11.6 Å². The summed E-state index contributed by atoms with van der Waals surface area (Å²) < 4.78 is 30.5. The van der Waals surface area contributed by atoms with Crippen molar-refractivity contribution in [3.05, 3.63) is 58.6 Å². The highest BCUT2D eigenvalue weighted by atomic mass is 35.5. The summed E-state index contributed by atoms with van der Waals surface area (Å²) in [4.78, 5) is 14.7. The number of nitrogens with zero attached hydrogens (tertiary/aromatic N) is 1. The van der Waals surface area contributed by atoms with Crippen molar-refractivity contribution in [2.75, 3.05) is 42.2 Å². The fraction of sp³-hybridized carbons (Fsp3) is 0.316. The first-order chi connectivity index (χ1) is 13.3. The molecular weight excluding hydrogens is 402 g/mol. The summed E-state index contributed by atoms with van der Waals surface area (Å²) in [5.74, 6) is -0.314. The van der Waals surface area contributed by atoms with Crippen molar-refractivity contribution >= 4 is 38.9 Å². The largest absolute Gasteiger partial charge is 0.378 e. The second-order valence-electron chi connectivity index (χ2n) is 6.52. The van der Waals surface area contributed by atoms with Crippen molar-refractivity contribution < 1.29 is 17.9 Å². The summed E-state index contributed by atoms with van der Waals surface area (Å²) in [6.45, 7) is 3.57. The van der Waals surface area contributed by atoms with Crippen molar-refractivity contribution in [3.63, 3.8) is 0 Å². The van der Waals surface area contributed by atoms with Gasteiger partial charge in [0.1, 0.15) is 0 Å². The van der Waals surface area contributed by atoms with E-state index >= 15 is 0 Å². The Labute approximate surface area is 169 Å². The Hall–Kier alpha value is -2.29. The highest BCUT2D eigenvalue weighted by Crippen LogP contribution is 2.24. The third-order valence-corrected chi connectivity index (χ3v) is 5.21. The lowest BCUT2D eigenvalue weighted by atomic mass is 10.1. The van der Waals surface area contributed by atoms with E-state index in [0.29, 0.717) is 12.1 Å². The molecule has 2 aromatic carbocycles. The highest BCUT2D eigenvalue weighted by Gasteiger charge is 2.13. The van der Waals surface area contributed by atoms with Gasteiger partial charge in [-0.15, -0.1) is 0 Å². The number of morpholine rings is 1. The Kier molecular flexibility index (Phi) is 6.43. The van der Waals surface area contributed by atoms with Crippen molar-refractivity contribution in [2.24, 2.45) is 0 Å². The zero-order chi connectivity index (χ0) is 20.1. The summed E-state index contributed by atoms with van der Waals surface area (Å²) in [7, 11) is -3.49. The molecule has 0 aromatic heterocycles. The average Bonchev–Trinajstić information content (AvgIpc) is 2.68. The van der Waals surface area contributed by atoms with Crippen LogP contribution in [0.5, 0.6) is 0 Å². The van der Waals surface area contributed by atoms with E-state index in [2.05, 4.69) is 14.9 Å². The number of carbonyl (C=O) groups is 1.